The number of carbonyl (C=O) groups excluding carboxylic acids is 2. The number of ether oxygens (including phenoxy) is 1. The van der Waals surface area contributed by atoms with Gasteiger partial charge in [0.2, 0.25) is 0 Å². The fourth-order valence-electron chi connectivity index (χ4n) is 4.09. The third-order valence-corrected chi connectivity index (χ3v) is 5.45. The van der Waals surface area contributed by atoms with Crippen molar-refractivity contribution in [3.63, 3.8) is 0 Å². The molecule has 2 aliphatic heterocycles. The predicted octanol–water partition coefficient (Wildman–Crippen LogP) is 4.55. The summed E-state index contributed by atoms with van der Waals surface area (Å²) in [5.74, 6) is -0.289. The molecule has 0 atom stereocenters. The quantitative estimate of drug-likeness (QED) is 0.688. The molecule has 1 saturated heterocycles. The first-order valence-corrected chi connectivity index (χ1v) is 10.3. The SMILES string of the molecule is C=Cc1cccc2c1CCc1c(/C=C3\CCCN(C(=O)OC(C)(C)C)C3=O)ncn1-2. The smallest absolute Gasteiger partial charge is 0.417 e. The summed E-state index contributed by atoms with van der Waals surface area (Å²) in [5, 5.41) is 0. The lowest BCUT2D eigenvalue weighted by atomic mass is 9.95. The maximum Gasteiger partial charge on any atom is 0.417 e. The molecule has 6 heteroatoms. The molecule has 4 rings (SSSR count). The Morgan fingerprint density at radius 2 is 2.03 bits per heavy atom. The molecule has 30 heavy (non-hydrogen) atoms. The second kappa shape index (κ2) is 7.59. The van der Waals surface area contributed by atoms with Crippen molar-refractivity contribution >= 4 is 24.2 Å². The Bertz CT molecular complexity index is 1060. The summed E-state index contributed by atoms with van der Waals surface area (Å²) in [7, 11) is 0. The van der Waals surface area contributed by atoms with Crippen LogP contribution in [-0.4, -0.2) is 38.6 Å². The zero-order valence-corrected chi connectivity index (χ0v) is 17.8. The highest BCUT2D eigenvalue weighted by Crippen LogP contribution is 2.31. The Balaban J connectivity index is 1.63. The molecule has 3 heterocycles. The van der Waals surface area contributed by atoms with Gasteiger partial charge < -0.3 is 9.30 Å². The number of imide groups is 1. The molecule has 0 N–H and O–H groups in total. The second-order valence-electron chi connectivity index (χ2n) is 8.71. The van der Waals surface area contributed by atoms with Crippen LogP contribution in [0.2, 0.25) is 0 Å². The summed E-state index contributed by atoms with van der Waals surface area (Å²) in [6.45, 7) is 9.68. The van der Waals surface area contributed by atoms with E-state index < -0.39 is 11.7 Å². The molecule has 1 aromatic carbocycles. The van der Waals surface area contributed by atoms with Crippen LogP contribution in [0.15, 0.2) is 36.7 Å². The number of fused-ring (bicyclic) bond motifs is 3. The molecule has 156 valence electrons. The van der Waals surface area contributed by atoms with Crippen LogP contribution in [0.3, 0.4) is 0 Å². The molecule has 0 spiro atoms. The number of nitrogens with zero attached hydrogens (tertiary/aromatic N) is 3. The number of imidazole rings is 1. The largest absolute Gasteiger partial charge is 0.443 e. The summed E-state index contributed by atoms with van der Waals surface area (Å²) in [6.07, 6.45) is 8.03. The molecule has 1 aromatic heterocycles. The van der Waals surface area contributed by atoms with Gasteiger partial charge in [0.15, 0.2) is 0 Å². The molecule has 0 aliphatic carbocycles. The van der Waals surface area contributed by atoms with Gasteiger partial charge in [0.25, 0.3) is 5.91 Å². The molecular formula is C24H27N3O3. The van der Waals surface area contributed by atoms with Gasteiger partial charge in [-0.05, 0) is 69.7 Å². The first kappa shape index (κ1) is 20.1. The molecule has 6 nitrogen and oxygen atoms in total. The molecule has 2 amide bonds. The Labute approximate surface area is 176 Å². The fraction of sp³-hybridized carbons (Fsp3) is 0.375. The van der Waals surface area contributed by atoms with Gasteiger partial charge in [-0.1, -0.05) is 24.8 Å². The average Bonchev–Trinajstić information content (AvgIpc) is 3.11. The first-order valence-electron chi connectivity index (χ1n) is 10.3. The minimum absolute atomic E-state index is 0.289. The topological polar surface area (TPSA) is 64.4 Å². The van der Waals surface area contributed by atoms with Crippen molar-refractivity contribution < 1.29 is 14.3 Å². The Kier molecular flexibility index (Phi) is 5.10. The summed E-state index contributed by atoms with van der Waals surface area (Å²) in [4.78, 5) is 31.2. The Morgan fingerprint density at radius 1 is 1.23 bits per heavy atom. The monoisotopic (exact) mass is 405 g/mol. The highest BCUT2D eigenvalue weighted by molar-refractivity contribution is 6.05. The Hall–Kier alpha value is -3.15. The highest BCUT2D eigenvalue weighted by Gasteiger charge is 2.32. The summed E-state index contributed by atoms with van der Waals surface area (Å²) < 4.78 is 7.49. The summed E-state index contributed by atoms with van der Waals surface area (Å²) in [5.41, 5.74) is 5.34. The molecule has 2 aliphatic rings. The van der Waals surface area contributed by atoms with E-state index in [1.807, 2.05) is 24.5 Å². The van der Waals surface area contributed by atoms with Gasteiger partial charge in [-0.25, -0.2) is 14.7 Å². The molecule has 0 unspecified atom stereocenters. The number of carbonyl (C=O) groups is 2. The highest BCUT2D eigenvalue weighted by atomic mass is 16.6. The van der Waals surface area contributed by atoms with E-state index in [2.05, 4.69) is 28.3 Å². The van der Waals surface area contributed by atoms with Crippen LogP contribution < -0.4 is 0 Å². The third kappa shape index (κ3) is 3.70. The number of piperidine rings is 1. The molecule has 0 bridgehead atoms. The summed E-state index contributed by atoms with van der Waals surface area (Å²) >= 11 is 0. The van der Waals surface area contributed by atoms with Crippen LogP contribution >= 0.6 is 0 Å². The minimum atomic E-state index is -0.640. The fourth-order valence-corrected chi connectivity index (χ4v) is 4.09. The van der Waals surface area contributed by atoms with E-state index in [1.165, 1.54) is 10.5 Å². The van der Waals surface area contributed by atoms with E-state index in [0.29, 0.717) is 18.5 Å². The van der Waals surface area contributed by atoms with E-state index in [9.17, 15) is 9.59 Å². The van der Waals surface area contributed by atoms with Crippen molar-refractivity contribution in [3.05, 3.63) is 59.2 Å². The van der Waals surface area contributed by atoms with Crippen LogP contribution in [0.4, 0.5) is 4.79 Å². The van der Waals surface area contributed by atoms with Gasteiger partial charge in [-0.3, -0.25) is 4.79 Å². The number of likely N-dealkylation sites (tertiary alicyclic amines) is 1. The zero-order valence-electron chi connectivity index (χ0n) is 17.8. The van der Waals surface area contributed by atoms with Crippen LogP contribution in [0.25, 0.3) is 17.8 Å². The lowest BCUT2D eigenvalue weighted by Crippen LogP contribution is -2.44. The second-order valence-corrected chi connectivity index (χ2v) is 8.71. The minimum Gasteiger partial charge on any atom is -0.443 e. The van der Waals surface area contributed by atoms with E-state index in [-0.39, 0.29) is 5.91 Å². The standard InChI is InChI=1S/C24H27N3O3/c1-5-16-8-6-10-20-18(16)11-12-21-19(25-15-27(20)21)14-17-9-7-13-26(22(17)28)23(29)30-24(2,3)4/h5-6,8,10,14-15H,1,7,9,11-13H2,2-4H3/b17-14+. The van der Waals surface area contributed by atoms with Gasteiger partial charge >= 0.3 is 6.09 Å². The first-order chi connectivity index (χ1) is 14.3. The zero-order chi connectivity index (χ0) is 21.5. The van der Waals surface area contributed by atoms with E-state index in [0.717, 1.165) is 41.9 Å². The Morgan fingerprint density at radius 3 is 2.77 bits per heavy atom. The predicted molar refractivity (Wildman–Crippen MR) is 116 cm³/mol. The van der Waals surface area contributed by atoms with Crippen molar-refractivity contribution in [2.45, 2.75) is 52.1 Å². The average molecular weight is 405 g/mol. The van der Waals surface area contributed by atoms with E-state index >= 15 is 0 Å². The van der Waals surface area contributed by atoms with Crippen molar-refractivity contribution in [2.75, 3.05) is 6.54 Å². The maximum atomic E-state index is 12.9. The van der Waals surface area contributed by atoms with Gasteiger partial charge in [-0.2, -0.15) is 0 Å². The van der Waals surface area contributed by atoms with E-state index in [4.69, 9.17) is 4.74 Å². The molecular weight excluding hydrogens is 378 g/mol. The van der Waals surface area contributed by atoms with Crippen molar-refractivity contribution in [1.29, 1.82) is 0 Å². The van der Waals surface area contributed by atoms with Crippen molar-refractivity contribution in [1.82, 2.24) is 14.5 Å². The van der Waals surface area contributed by atoms with Gasteiger partial charge in [0.05, 0.1) is 17.1 Å². The molecule has 2 aromatic rings. The molecule has 0 saturated carbocycles. The summed E-state index contributed by atoms with van der Waals surface area (Å²) in [6, 6.07) is 6.18. The maximum absolute atomic E-state index is 12.9. The van der Waals surface area contributed by atoms with Crippen LogP contribution in [0.1, 0.15) is 56.1 Å². The van der Waals surface area contributed by atoms with Crippen molar-refractivity contribution in [3.8, 4) is 5.69 Å². The van der Waals surface area contributed by atoms with E-state index in [1.54, 1.807) is 20.8 Å². The molecule has 0 radical (unpaired) electrons. The normalized spacial score (nSPS) is 17.5. The van der Waals surface area contributed by atoms with Gasteiger partial charge in [0, 0.05) is 12.1 Å². The van der Waals surface area contributed by atoms with Crippen molar-refractivity contribution in [2.24, 2.45) is 0 Å². The lowest BCUT2D eigenvalue weighted by molar-refractivity contribution is -0.127. The van der Waals surface area contributed by atoms with Crippen LogP contribution in [-0.2, 0) is 22.4 Å². The van der Waals surface area contributed by atoms with Crippen LogP contribution in [0.5, 0.6) is 0 Å². The number of rotatable bonds is 2. The lowest BCUT2D eigenvalue weighted by Gasteiger charge is -2.29. The van der Waals surface area contributed by atoms with Gasteiger partial charge in [0.1, 0.15) is 11.9 Å². The number of amides is 2. The number of benzene rings is 1. The van der Waals surface area contributed by atoms with Crippen LogP contribution in [0, 0.1) is 0 Å². The third-order valence-electron chi connectivity index (χ3n) is 5.45. The van der Waals surface area contributed by atoms with Gasteiger partial charge in [-0.15, -0.1) is 0 Å². The molecule has 1 fully saturated rings. The number of aromatic nitrogens is 2. The number of hydrogen-bond donors (Lipinski definition) is 0. The number of hydrogen-bond acceptors (Lipinski definition) is 4.